The van der Waals surface area contributed by atoms with Crippen LogP contribution in [0.5, 0.6) is 0 Å². The van der Waals surface area contributed by atoms with E-state index in [0.29, 0.717) is 12.1 Å². The van der Waals surface area contributed by atoms with Gasteiger partial charge < -0.3 is 10.1 Å². The molecular formula is C8H17NOS. The first kappa shape index (κ1) is 9.36. The lowest BCUT2D eigenvalue weighted by Gasteiger charge is -2.23. The second-order valence-electron chi connectivity index (χ2n) is 3.13. The van der Waals surface area contributed by atoms with Crippen molar-refractivity contribution in [3.8, 4) is 0 Å². The molecule has 0 aliphatic carbocycles. The van der Waals surface area contributed by atoms with Crippen molar-refractivity contribution in [2.75, 3.05) is 24.7 Å². The molecule has 0 radical (unpaired) electrons. The lowest BCUT2D eigenvalue weighted by Crippen LogP contribution is -2.37. The lowest BCUT2D eigenvalue weighted by atomic mass is 10.3. The van der Waals surface area contributed by atoms with Gasteiger partial charge >= 0.3 is 0 Å². The summed E-state index contributed by atoms with van der Waals surface area (Å²) in [6.45, 7) is 6.26. The summed E-state index contributed by atoms with van der Waals surface area (Å²) in [4.78, 5) is 0. The lowest BCUT2D eigenvalue weighted by molar-refractivity contribution is 0.0741. The van der Waals surface area contributed by atoms with Gasteiger partial charge in [0.2, 0.25) is 0 Å². The number of hydrogen-bond acceptors (Lipinski definition) is 3. The average Bonchev–Trinajstić information content (AvgIpc) is 2.03. The van der Waals surface area contributed by atoms with Crippen molar-refractivity contribution >= 4 is 11.8 Å². The molecule has 0 saturated carbocycles. The number of thioether (sulfide) groups is 1. The molecule has 11 heavy (non-hydrogen) atoms. The van der Waals surface area contributed by atoms with E-state index in [9.17, 15) is 0 Å². The van der Waals surface area contributed by atoms with Gasteiger partial charge in [-0.1, -0.05) is 13.8 Å². The molecule has 1 aliphatic rings. The van der Waals surface area contributed by atoms with Crippen LogP contribution in [0.15, 0.2) is 0 Å². The first-order chi connectivity index (χ1) is 5.29. The van der Waals surface area contributed by atoms with E-state index in [1.807, 2.05) is 11.8 Å². The van der Waals surface area contributed by atoms with Gasteiger partial charge in [-0.05, 0) is 0 Å². The van der Waals surface area contributed by atoms with E-state index in [-0.39, 0.29) is 0 Å². The Morgan fingerprint density at radius 3 is 3.00 bits per heavy atom. The van der Waals surface area contributed by atoms with Crippen LogP contribution in [0.3, 0.4) is 0 Å². The highest BCUT2D eigenvalue weighted by atomic mass is 32.2. The van der Waals surface area contributed by atoms with Crippen LogP contribution in [0.25, 0.3) is 0 Å². The van der Waals surface area contributed by atoms with Gasteiger partial charge in [0.1, 0.15) is 0 Å². The fraction of sp³-hybridized carbons (Fsp3) is 1.00. The Hall–Kier alpha value is 0.270. The fourth-order valence-corrected chi connectivity index (χ4v) is 1.88. The molecule has 0 aromatic heterocycles. The molecule has 1 unspecified atom stereocenters. The summed E-state index contributed by atoms with van der Waals surface area (Å²) in [7, 11) is 0. The van der Waals surface area contributed by atoms with Crippen molar-refractivity contribution in [3.63, 3.8) is 0 Å². The van der Waals surface area contributed by atoms with Gasteiger partial charge in [0.05, 0.1) is 12.7 Å². The third-order valence-corrected chi connectivity index (χ3v) is 2.70. The predicted molar refractivity (Wildman–Crippen MR) is 50.2 cm³/mol. The van der Waals surface area contributed by atoms with E-state index in [1.165, 1.54) is 0 Å². The Morgan fingerprint density at radius 2 is 2.45 bits per heavy atom. The van der Waals surface area contributed by atoms with Crippen LogP contribution in [0.1, 0.15) is 13.8 Å². The second kappa shape index (κ2) is 5.01. The van der Waals surface area contributed by atoms with E-state index in [1.54, 1.807) is 0 Å². The Morgan fingerprint density at radius 1 is 1.64 bits per heavy atom. The molecule has 0 amide bonds. The summed E-state index contributed by atoms with van der Waals surface area (Å²) in [5.41, 5.74) is 0. The van der Waals surface area contributed by atoms with Crippen molar-refractivity contribution in [3.05, 3.63) is 0 Å². The van der Waals surface area contributed by atoms with Gasteiger partial charge in [-0.25, -0.2) is 0 Å². The van der Waals surface area contributed by atoms with Crippen molar-refractivity contribution < 1.29 is 4.74 Å². The van der Waals surface area contributed by atoms with Crippen LogP contribution in [-0.4, -0.2) is 36.8 Å². The first-order valence-corrected chi connectivity index (χ1v) is 5.37. The molecule has 1 atom stereocenters. The molecule has 1 rings (SSSR count). The number of ether oxygens (including phenoxy) is 1. The third kappa shape index (κ3) is 3.99. The summed E-state index contributed by atoms with van der Waals surface area (Å²) in [5.74, 6) is 2.32. The van der Waals surface area contributed by atoms with Crippen LogP contribution in [-0.2, 0) is 4.74 Å². The minimum atomic E-state index is 0.441. The molecule has 0 bridgehead atoms. The number of nitrogens with one attached hydrogen (secondary N) is 1. The molecule has 3 heteroatoms. The van der Waals surface area contributed by atoms with E-state index in [4.69, 9.17) is 4.74 Å². The first-order valence-electron chi connectivity index (χ1n) is 4.22. The largest absolute Gasteiger partial charge is 0.375 e. The standard InChI is InChI=1S/C8H17NOS/c1-7(2)9-5-8-6-11-4-3-10-8/h7-9H,3-6H2,1-2H3. The zero-order chi connectivity index (χ0) is 8.10. The molecule has 1 heterocycles. The van der Waals surface area contributed by atoms with Crippen molar-refractivity contribution in [1.82, 2.24) is 5.32 Å². The van der Waals surface area contributed by atoms with Crippen LogP contribution in [0, 0.1) is 0 Å². The molecule has 1 fully saturated rings. The zero-order valence-electron chi connectivity index (χ0n) is 7.30. The molecule has 1 saturated heterocycles. The summed E-state index contributed by atoms with van der Waals surface area (Å²) in [6.07, 6.45) is 0.441. The van der Waals surface area contributed by atoms with E-state index >= 15 is 0 Å². The fourth-order valence-electron chi connectivity index (χ4n) is 1.02. The van der Waals surface area contributed by atoms with Crippen molar-refractivity contribution in [2.45, 2.75) is 26.0 Å². The highest BCUT2D eigenvalue weighted by molar-refractivity contribution is 7.99. The predicted octanol–water partition coefficient (Wildman–Crippen LogP) is 1.12. The average molecular weight is 175 g/mol. The number of rotatable bonds is 3. The summed E-state index contributed by atoms with van der Waals surface area (Å²) < 4.78 is 5.54. The van der Waals surface area contributed by atoms with E-state index in [0.717, 1.165) is 24.7 Å². The van der Waals surface area contributed by atoms with E-state index in [2.05, 4.69) is 19.2 Å². The quantitative estimate of drug-likeness (QED) is 0.694. The Balaban J connectivity index is 2.05. The molecule has 1 N–H and O–H groups in total. The van der Waals surface area contributed by atoms with Gasteiger partial charge in [-0.3, -0.25) is 0 Å². The minimum Gasteiger partial charge on any atom is -0.375 e. The Bertz CT molecular complexity index is 102. The van der Waals surface area contributed by atoms with Gasteiger partial charge in [-0.15, -0.1) is 0 Å². The van der Waals surface area contributed by atoms with Crippen molar-refractivity contribution in [2.24, 2.45) is 0 Å². The maximum Gasteiger partial charge on any atom is 0.0790 e. The maximum absolute atomic E-state index is 5.54. The summed E-state index contributed by atoms with van der Waals surface area (Å²) in [6, 6.07) is 0.575. The van der Waals surface area contributed by atoms with Gasteiger partial charge in [-0.2, -0.15) is 11.8 Å². The van der Waals surface area contributed by atoms with Crippen LogP contribution < -0.4 is 5.32 Å². The highest BCUT2D eigenvalue weighted by Gasteiger charge is 2.13. The SMILES string of the molecule is CC(C)NCC1CSCCO1. The third-order valence-electron chi connectivity index (χ3n) is 1.64. The molecule has 1 aliphatic heterocycles. The molecule has 0 aromatic rings. The van der Waals surface area contributed by atoms with Crippen LogP contribution >= 0.6 is 11.8 Å². The van der Waals surface area contributed by atoms with E-state index < -0.39 is 0 Å². The summed E-state index contributed by atoms with van der Waals surface area (Å²) >= 11 is 1.99. The Kier molecular flexibility index (Phi) is 4.26. The smallest absolute Gasteiger partial charge is 0.0790 e. The normalized spacial score (nSPS) is 25.9. The molecule has 2 nitrogen and oxygen atoms in total. The second-order valence-corrected chi connectivity index (χ2v) is 4.28. The monoisotopic (exact) mass is 175 g/mol. The highest BCUT2D eigenvalue weighted by Crippen LogP contribution is 2.11. The molecule has 0 aromatic carbocycles. The van der Waals surface area contributed by atoms with Gasteiger partial charge in [0.25, 0.3) is 0 Å². The maximum atomic E-state index is 5.54. The molecular weight excluding hydrogens is 158 g/mol. The van der Waals surface area contributed by atoms with Crippen molar-refractivity contribution in [1.29, 1.82) is 0 Å². The molecule has 0 spiro atoms. The van der Waals surface area contributed by atoms with Gasteiger partial charge in [0, 0.05) is 24.1 Å². The topological polar surface area (TPSA) is 21.3 Å². The van der Waals surface area contributed by atoms with Gasteiger partial charge in [0.15, 0.2) is 0 Å². The Labute approximate surface area is 73.1 Å². The summed E-state index contributed by atoms with van der Waals surface area (Å²) in [5, 5.41) is 3.38. The molecule has 66 valence electrons. The zero-order valence-corrected chi connectivity index (χ0v) is 8.12. The minimum absolute atomic E-state index is 0.441. The number of hydrogen-bond donors (Lipinski definition) is 1. The van der Waals surface area contributed by atoms with Crippen LogP contribution in [0.2, 0.25) is 0 Å². The van der Waals surface area contributed by atoms with Crippen LogP contribution in [0.4, 0.5) is 0 Å².